The molecule has 1 unspecified atom stereocenters. The van der Waals surface area contributed by atoms with Crippen LogP contribution >= 0.6 is 0 Å². The van der Waals surface area contributed by atoms with Crippen LogP contribution in [0.2, 0.25) is 0 Å². The van der Waals surface area contributed by atoms with E-state index in [0.29, 0.717) is 42.1 Å². The van der Waals surface area contributed by atoms with E-state index in [-0.39, 0.29) is 23.3 Å². The van der Waals surface area contributed by atoms with E-state index in [0.717, 1.165) is 45.0 Å². The van der Waals surface area contributed by atoms with Gasteiger partial charge in [-0.3, -0.25) is 23.9 Å². The number of aromatic amines is 1. The summed E-state index contributed by atoms with van der Waals surface area (Å²) in [6.45, 7) is 4.76. The summed E-state index contributed by atoms with van der Waals surface area (Å²) in [6.07, 6.45) is 2.39. The van der Waals surface area contributed by atoms with E-state index in [1.165, 1.54) is 20.2 Å². The van der Waals surface area contributed by atoms with Crippen molar-refractivity contribution >= 4 is 17.5 Å². The van der Waals surface area contributed by atoms with Gasteiger partial charge < -0.3 is 20.4 Å². The largest absolute Gasteiger partial charge is 0.496 e. The fourth-order valence-electron chi connectivity index (χ4n) is 5.85. The second-order valence-electron chi connectivity index (χ2n) is 11.4. The number of rotatable bonds is 9. The van der Waals surface area contributed by atoms with Crippen molar-refractivity contribution in [1.29, 1.82) is 0 Å². The van der Waals surface area contributed by atoms with Crippen molar-refractivity contribution in [3.63, 3.8) is 0 Å². The number of halogens is 1. The lowest BCUT2D eigenvalue weighted by molar-refractivity contribution is -0.119. The molecule has 0 radical (unpaired) electrons. The molecule has 3 aromatic carbocycles. The Kier molecular flexibility index (Phi) is 9.01. The third-order valence-corrected chi connectivity index (χ3v) is 8.36. The van der Waals surface area contributed by atoms with E-state index < -0.39 is 17.2 Å². The number of nitrogens with one attached hydrogen (secondary N) is 3. The molecule has 45 heavy (non-hydrogen) atoms. The van der Waals surface area contributed by atoms with Gasteiger partial charge in [0.05, 0.1) is 7.11 Å². The molecular weight excluding hydrogens is 577 g/mol. The van der Waals surface area contributed by atoms with Crippen LogP contribution in [0.5, 0.6) is 5.75 Å². The standard InChI is InChI=1S/C34H36FN5O5/c1-19-23(21-14-28(35)27(30(15-21)45-5)18-39(3)17-22-12-13-31(41)37-22)8-6-9-24(19)25-10-7-11-29(20(25)2)38-32(42)26-16-36-34(44)40(4)33(26)43/h6-11,14-16,22H,12-13,17-18H2,1-5H3,(H,36,44)(H,37,41)(H,38,42). The number of nitrogens with zero attached hydrogens (tertiary/aromatic N) is 2. The average Bonchev–Trinajstić information content (AvgIpc) is 3.42. The number of methoxy groups -OCH3 is 1. The number of anilines is 1. The van der Waals surface area contributed by atoms with Crippen LogP contribution in [0.4, 0.5) is 10.1 Å². The second kappa shape index (κ2) is 12.9. The molecule has 2 heterocycles. The topological polar surface area (TPSA) is 126 Å². The van der Waals surface area contributed by atoms with Crippen LogP contribution in [0.25, 0.3) is 22.3 Å². The first-order chi connectivity index (χ1) is 21.5. The highest BCUT2D eigenvalue weighted by Crippen LogP contribution is 2.38. The van der Waals surface area contributed by atoms with Crippen LogP contribution in [0.1, 0.15) is 39.9 Å². The van der Waals surface area contributed by atoms with Gasteiger partial charge in [-0.2, -0.15) is 0 Å². The minimum atomic E-state index is -0.698. The molecule has 1 saturated heterocycles. The van der Waals surface area contributed by atoms with Gasteiger partial charge >= 0.3 is 5.69 Å². The Labute approximate surface area is 259 Å². The number of carbonyl (C=O) groups excluding carboxylic acids is 2. The fraction of sp³-hybridized carbons (Fsp3) is 0.294. The van der Waals surface area contributed by atoms with E-state index in [9.17, 15) is 19.2 Å². The first-order valence-electron chi connectivity index (χ1n) is 14.6. The van der Waals surface area contributed by atoms with Crippen molar-refractivity contribution in [3.8, 4) is 28.0 Å². The number of hydrogen-bond acceptors (Lipinski definition) is 6. The Morgan fingerprint density at radius 1 is 1.07 bits per heavy atom. The van der Waals surface area contributed by atoms with Gasteiger partial charge in [0.1, 0.15) is 17.1 Å². The molecule has 2 amide bonds. The number of aromatic nitrogens is 2. The van der Waals surface area contributed by atoms with Crippen LogP contribution in [0, 0.1) is 19.7 Å². The lowest BCUT2D eigenvalue weighted by Gasteiger charge is -2.23. The number of carbonyl (C=O) groups is 2. The van der Waals surface area contributed by atoms with E-state index >= 15 is 4.39 Å². The van der Waals surface area contributed by atoms with Crippen molar-refractivity contribution in [2.45, 2.75) is 39.3 Å². The molecule has 11 heteroatoms. The van der Waals surface area contributed by atoms with Gasteiger partial charge in [-0.25, -0.2) is 9.18 Å². The number of hydrogen-bond donors (Lipinski definition) is 3. The second-order valence-corrected chi connectivity index (χ2v) is 11.4. The monoisotopic (exact) mass is 613 g/mol. The molecule has 1 aliphatic rings. The van der Waals surface area contributed by atoms with Gasteiger partial charge in [-0.1, -0.05) is 30.3 Å². The SMILES string of the molecule is COc1cc(-c2cccc(-c3cccc(NC(=O)c4c[nH]c(=O)n(C)c4=O)c3C)c2C)cc(F)c1CN(C)CC1CCC(=O)N1. The maximum atomic E-state index is 15.7. The van der Waals surface area contributed by atoms with Crippen molar-refractivity contribution in [3.05, 3.63) is 104 Å². The molecule has 1 aliphatic heterocycles. The van der Waals surface area contributed by atoms with Gasteiger partial charge in [0.15, 0.2) is 0 Å². The van der Waals surface area contributed by atoms with Crippen LogP contribution in [0.15, 0.2) is 64.3 Å². The first-order valence-corrected chi connectivity index (χ1v) is 14.6. The Morgan fingerprint density at radius 3 is 2.44 bits per heavy atom. The third kappa shape index (κ3) is 6.44. The van der Waals surface area contributed by atoms with Gasteiger partial charge in [0, 0.05) is 50.0 Å². The molecular formula is C34H36FN5O5. The minimum absolute atomic E-state index is 0.0451. The van der Waals surface area contributed by atoms with Gasteiger partial charge in [-0.05, 0) is 78.9 Å². The van der Waals surface area contributed by atoms with Crippen molar-refractivity contribution < 1.29 is 18.7 Å². The summed E-state index contributed by atoms with van der Waals surface area (Å²) in [5.41, 5.74) is 4.36. The van der Waals surface area contributed by atoms with Crippen LogP contribution in [-0.2, 0) is 18.4 Å². The molecule has 5 rings (SSSR count). The molecule has 0 bridgehead atoms. The lowest BCUT2D eigenvalue weighted by Crippen LogP contribution is -2.37. The summed E-state index contributed by atoms with van der Waals surface area (Å²) in [5.74, 6) is -0.542. The normalized spacial score (nSPS) is 14.5. The van der Waals surface area contributed by atoms with E-state index in [2.05, 4.69) is 15.6 Å². The summed E-state index contributed by atoms with van der Waals surface area (Å²) in [6, 6.07) is 14.7. The van der Waals surface area contributed by atoms with Crippen LogP contribution in [-0.4, -0.2) is 53.0 Å². The van der Waals surface area contributed by atoms with E-state index in [1.54, 1.807) is 12.1 Å². The van der Waals surface area contributed by atoms with Crippen LogP contribution in [0.3, 0.4) is 0 Å². The Hall–Kier alpha value is -5.03. The summed E-state index contributed by atoms with van der Waals surface area (Å²) < 4.78 is 22.2. The average molecular weight is 614 g/mol. The smallest absolute Gasteiger partial charge is 0.328 e. The number of H-pyrrole nitrogens is 1. The summed E-state index contributed by atoms with van der Waals surface area (Å²) in [4.78, 5) is 53.1. The predicted molar refractivity (Wildman–Crippen MR) is 171 cm³/mol. The first kappa shape index (κ1) is 31.4. The lowest BCUT2D eigenvalue weighted by atomic mass is 9.90. The number of amides is 2. The summed E-state index contributed by atoms with van der Waals surface area (Å²) in [5, 5.41) is 5.74. The highest BCUT2D eigenvalue weighted by atomic mass is 19.1. The fourth-order valence-corrected chi connectivity index (χ4v) is 5.85. The Balaban J connectivity index is 1.43. The van der Waals surface area contributed by atoms with Crippen LogP contribution < -0.4 is 26.6 Å². The van der Waals surface area contributed by atoms with Crippen molar-refractivity contribution in [1.82, 2.24) is 19.8 Å². The number of likely N-dealkylation sites (N-methyl/N-ethyl adjacent to an activating group) is 1. The summed E-state index contributed by atoms with van der Waals surface area (Å²) in [7, 11) is 4.71. The minimum Gasteiger partial charge on any atom is -0.496 e. The quantitative estimate of drug-likeness (QED) is 0.261. The molecule has 10 nitrogen and oxygen atoms in total. The number of ether oxygens (including phenoxy) is 1. The zero-order valence-corrected chi connectivity index (χ0v) is 25.9. The van der Waals surface area contributed by atoms with Gasteiger partial charge in [-0.15, -0.1) is 0 Å². The third-order valence-electron chi connectivity index (χ3n) is 8.36. The van der Waals surface area contributed by atoms with Gasteiger partial charge in [0.2, 0.25) is 5.91 Å². The molecule has 0 saturated carbocycles. The highest BCUT2D eigenvalue weighted by molar-refractivity contribution is 6.04. The number of benzene rings is 3. The maximum absolute atomic E-state index is 15.7. The maximum Gasteiger partial charge on any atom is 0.328 e. The van der Waals surface area contributed by atoms with E-state index in [4.69, 9.17) is 4.74 Å². The highest BCUT2D eigenvalue weighted by Gasteiger charge is 2.24. The molecule has 0 spiro atoms. The zero-order valence-electron chi connectivity index (χ0n) is 25.9. The molecule has 234 valence electrons. The summed E-state index contributed by atoms with van der Waals surface area (Å²) >= 11 is 0. The molecule has 4 aromatic rings. The molecule has 1 atom stereocenters. The van der Waals surface area contributed by atoms with E-state index in [1.807, 2.05) is 56.1 Å². The Bertz CT molecular complexity index is 1910. The molecule has 1 aromatic heterocycles. The van der Waals surface area contributed by atoms with Gasteiger partial charge in [0.25, 0.3) is 11.5 Å². The Morgan fingerprint density at radius 2 is 1.76 bits per heavy atom. The molecule has 3 N–H and O–H groups in total. The zero-order chi connectivity index (χ0) is 32.4. The molecule has 0 aliphatic carbocycles. The molecule has 1 fully saturated rings. The van der Waals surface area contributed by atoms with Crippen molar-refractivity contribution in [2.24, 2.45) is 7.05 Å². The van der Waals surface area contributed by atoms with Crippen molar-refractivity contribution in [2.75, 3.05) is 26.0 Å². The predicted octanol–water partition coefficient (Wildman–Crippen LogP) is 4.13.